The molecule has 0 aromatic rings. The van der Waals surface area contributed by atoms with E-state index in [9.17, 15) is 0 Å². The molecule has 1 fully saturated rings. The molecule has 1 saturated heterocycles. The Hall–Kier alpha value is -0.150. The molecular weight excluding hydrogens is 204 g/mol. The highest BCUT2D eigenvalue weighted by atomic mass is 32.1. The molecule has 0 amide bonds. The minimum atomic E-state index is 0.115. The Balaban J connectivity index is 2.32. The molecule has 1 heterocycles. The quantitative estimate of drug-likeness (QED) is 0.749. The highest BCUT2D eigenvalue weighted by molar-refractivity contribution is 7.80. The van der Waals surface area contributed by atoms with E-state index in [1.165, 1.54) is 13.0 Å². The van der Waals surface area contributed by atoms with E-state index >= 15 is 0 Å². The maximum absolute atomic E-state index is 5.78. The lowest BCUT2D eigenvalue weighted by Gasteiger charge is -2.38. The van der Waals surface area contributed by atoms with Crippen LogP contribution in [0.3, 0.4) is 0 Å². The maximum Gasteiger partial charge on any atom is 0.0788 e. The van der Waals surface area contributed by atoms with Gasteiger partial charge in [-0.1, -0.05) is 33.0 Å². The Morgan fingerprint density at radius 1 is 1.40 bits per heavy atom. The van der Waals surface area contributed by atoms with Gasteiger partial charge < -0.3 is 10.6 Å². The van der Waals surface area contributed by atoms with E-state index < -0.39 is 0 Å². The van der Waals surface area contributed by atoms with Crippen LogP contribution in [0.4, 0.5) is 0 Å². The topological polar surface area (TPSA) is 29.3 Å². The Bertz CT molecular complexity index is 218. The SMILES string of the molecule is CC(C)CCN1CCC(C)(C(N)=S)CC1. The van der Waals surface area contributed by atoms with Crippen molar-refractivity contribution >= 4 is 17.2 Å². The summed E-state index contributed by atoms with van der Waals surface area (Å²) in [7, 11) is 0. The van der Waals surface area contributed by atoms with E-state index in [1.54, 1.807) is 0 Å². The van der Waals surface area contributed by atoms with Gasteiger partial charge in [-0.05, 0) is 44.8 Å². The molecular formula is C12H24N2S. The molecule has 0 aliphatic carbocycles. The van der Waals surface area contributed by atoms with Gasteiger partial charge >= 0.3 is 0 Å². The van der Waals surface area contributed by atoms with Gasteiger partial charge in [0.15, 0.2) is 0 Å². The summed E-state index contributed by atoms with van der Waals surface area (Å²) in [6, 6.07) is 0. The molecule has 0 aromatic heterocycles. The number of nitrogens with zero attached hydrogens (tertiary/aromatic N) is 1. The van der Waals surface area contributed by atoms with E-state index in [0.29, 0.717) is 4.99 Å². The van der Waals surface area contributed by atoms with Crippen molar-refractivity contribution in [3.63, 3.8) is 0 Å². The van der Waals surface area contributed by atoms with E-state index in [4.69, 9.17) is 18.0 Å². The molecule has 2 nitrogen and oxygen atoms in total. The van der Waals surface area contributed by atoms with Crippen LogP contribution in [0.2, 0.25) is 0 Å². The van der Waals surface area contributed by atoms with Crippen LogP contribution in [-0.2, 0) is 0 Å². The van der Waals surface area contributed by atoms with Crippen LogP contribution in [-0.4, -0.2) is 29.5 Å². The van der Waals surface area contributed by atoms with Crippen LogP contribution in [0, 0.1) is 11.3 Å². The second-order valence-corrected chi connectivity index (χ2v) is 5.89. The third kappa shape index (κ3) is 3.72. The minimum absolute atomic E-state index is 0.115. The summed E-state index contributed by atoms with van der Waals surface area (Å²) in [6.07, 6.45) is 3.55. The first kappa shape index (κ1) is 12.9. The zero-order valence-electron chi connectivity index (χ0n) is 10.3. The second-order valence-electron chi connectivity index (χ2n) is 5.45. The molecule has 88 valence electrons. The summed E-state index contributed by atoms with van der Waals surface area (Å²) in [4.78, 5) is 3.24. The van der Waals surface area contributed by atoms with Crippen LogP contribution < -0.4 is 5.73 Å². The molecule has 1 rings (SSSR count). The molecule has 0 spiro atoms. The minimum Gasteiger partial charge on any atom is -0.393 e. The third-order valence-electron chi connectivity index (χ3n) is 3.58. The summed E-state index contributed by atoms with van der Waals surface area (Å²) in [5.74, 6) is 0.800. The molecule has 3 heteroatoms. The van der Waals surface area contributed by atoms with Crippen molar-refractivity contribution in [3.05, 3.63) is 0 Å². The molecule has 2 N–H and O–H groups in total. The highest BCUT2D eigenvalue weighted by Crippen LogP contribution is 2.31. The van der Waals surface area contributed by atoms with Crippen molar-refractivity contribution in [3.8, 4) is 0 Å². The van der Waals surface area contributed by atoms with Crippen molar-refractivity contribution in [2.24, 2.45) is 17.1 Å². The first-order valence-corrected chi connectivity index (χ1v) is 6.37. The van der Waals surface area contributed by atoms with Gasteiger partial charge in [-0.25, -0.2) is 0 Å². The summed E-state index contributed by atoms with van der Waals surface area (Å²) >= 11 is 5.13. The van der Waals surface area contributed by atoms with Crippen LogP contribution in [0.5, 0.6) is 0 Å². The number of likely N-dealkylation sites (tertiary alicyclic amines) is 1. The largest absolute Gasteiger partial charge is 0.393 e. The van der Waals surface area contributed by atoms with E-state index in [2.05, 4.69) is 25.7 Å². The molecule has 0 unspecified atom stereocenters. The number of hydrogen-bond donors (Lipinski definition) is 1. The lowest BCUT2D eigenvalue weighted by atomic mass is 9.80. The molecule has 0 bridgehead atoms. The van der Waals surface area contributed by atoms with E-state index in [0.717, 1.165) is 31.8 Å². The van der Waals surface area contributed by atoms with Gasteiger partial charge in [0.05, 0.1) is 4.99 Å². The fourth-order valence-corrected chi connectivity index (χ4v) is 2.16. The van der Waals surface area contributed by atoms with Gasteiger partial charge in [-0.2, -0.15) is 0 Å². The van der Waals surface area contributed by atoms with Crippen LogP contribution in [0.1, 0.15) is 40.0 Å². The zero-order valence-corrected chi connectivity index (χ0v) is 11.1. The summed E-state index contributed by atoms with van der Waals surface area (Å²) in [5.41, 5.74) is 5.90. The number of piperidine rings is 1. The van der Waals surface area contributed by atoms with Crippen LogP contribution in [0.25, 0.3) is 0 Å². The van der Waals surface area contributed by atoms with Gasteiger partial charge in [-0.15, -0.1) is 0 Å². The van der Waals surface area contributed by atoms with Gasteiger partial charge in [0, 0.05) is 5.41 Å². The molecule has 1 aliphatic heterocycles. The molecule has 0 atom stereocenters. The normalized spacial score (nSPS) is 21.9. The fourth-order valence-electron chi connectivity index (χ4n) is 1.96. The van der Waals surface area contributed by atoms with Crippen LogP contribution in [0.15, 0.2) is 0 Å². The Kier molecular flexibility index (Phi) is 4.53. The van der Waals surface area contributed by atoms with Crippen molar-refractivity contribution < 1.29 is 0 Å². The number of hydrogen-bond acceptors (Lipinski definition) is 2. The summed E-state index contributed by atoms with van der Waals surface area (Å²) < 4.78 is 0. The fraction of sp³-hybridized carbons (Fsp3) is 0.917. The average molecular weight is 228 g/mol. The van der Waals surface area contributed by atoms with Gasteiger partial charge in [0.25, 0.3) is 0 Å². The average Bonchev–Trinajstić information content (AvgIpc) is 2.16. The van der Waals surface area contributed by atoms with Gasteiger partial charge in [0.1, 0.15) is 0 Å². The predicted octanol–water partition coefficient (Wildman–Crippen LogP) is 2.42. The van der Waals surface area contributed by atoms with E-state index in [1.807, 2.05) is 0 Å². The lowest BCUT2D eigenvalue weighted by molar-refractivity contribution is 0.158. The smallest absolute Gasteiger partial charge is 0.0788 e. The highest BCUT2D eigenvalue weighted by Gasteiger charge is 2.32. The standard InChI is InChI=1S/C12H24N2S/c1-10(2)4-7-14-8-5-12(3,6-9-14)11(13)15/h10H,4-9H2,1-3H3,(H2,13,15). The first-order chi connectivity index (χ1) is 6.94. The van der Waals surface area contributed by atoms with Gasteiger partial charge in [-0.3, -0.25) is 0 Å². The molecule has 15 heavy (non-hydrogen) atoms. The van der Waals surface area contributed by atoms with Crippen molar-refractivity contribution in [2.45, 2.75) is 40.0 Å². The maximum atomic E-state index is 5.78. The number of nitrogens with two attached hydrogens (primary N) is 1. The summed E-state index contributed by atoms with van der Waals surface area (Å²) in [6.45, 7) is 10.3. The molecule has 0 saturated carbocycles. The Morgan fingerprint density at radius 3 is 2.33 bits per heavy atom. The first-order valence-electron chi connectivity index (χ1n) is 5.96. The van der Waals surface area contributed by atoms with Crippen molar-refractivity contribution in [2.75, 3.05) is 19.6 Å². The van der Waals surface area contributed by atoms with Crippen molar-refractivity contribution in [1.29, 1.82) is 0 Å². The monoisotopic (exact) mass is 228 g/mol. The molecule has 0 aromatic carbocycles. The Labute approximate surface area is 99.2 Å². The predicted molar refractivity (Wildman–Crippen MR) is 70.0 cm³/mol. The molecule has 1 aliphatic rings. The molecule has 0 radical (unpaired) electrons. The number of thiocarbonyl (C=S) groups is 1. The zero-order chi connectivity index (χ0) is 11.5. The third-order valence-corrected chi connectivity index (χ3v) is 4.07. The van der Waals surface area contributed by atoms with Crippen LogP contribution >= 0.6 is 12.2 Å². The lowest BCUT2D eigenvalue weighted by Crippen LogP contribution is -2.45. The summed E-state index contributed by atoms with van der Waals surface area (Å²) in [5, 5.41) is 0. The van der Waals surface area contributed by atoms with E-state index in [-0.39, 0.29) is 5.41 Å². The van der Waals surface area contributed by atoms with Crippen molar-refractivity contribution in [1.82, 2.24) is 4.90 Å². The number of rotatable bonds is 4. The van der Waals surface area contributed by atoms with Gasteiger partial charge in [0.2, 0.25) is 0 Å². The second kappa shape index (κ2) is 5.26. The Morgan fingerprint density at radius 2 is 1.93 bits per heavy atom.